The number of amides is 3. The first-order valence-electron chi connectivity index (χ1n) is 9.93. The monoisotopic (exact) mass is 419 g/mol. The van der Waals surface area contributed by atoms with Crippen molar-refractivity contribution in [3.8, 4) is 11.5 Å². The second-order valence-electron chi connectivity index (χ2n) is 7.12. The van der Waals surface area contributed by atoms with Crippen LogP contribution in [-0.2, 0) is 23.9 Å². The molecule has 1 saturated carbocycles. The molecule has 3 amide bonds. The van der Waals surface area contributed by atoms with Crippen LogP contribution in [0, 0.1) is 5.92 Å². The highest BCUT2D eigenvalue weighted by Gasteiger charge is 2.27. The molecule has 1 aliphatic carbocycles. The lowest BCUT2D eigenvalue weighted by molar-refractivity contribution is -0.149. The average molecular weight is 419 g/mol. The largest absolute Gasteiger partial charge is 0.485 e. The van der Waals surface area contributed by atoms with Crippen molar-refractivity contribution in [1.29, 1.82) is 0 Å². The van der Waals surface area contributed by atoms with Crippen molar-refractivity contribution in [2.75, 3.05) is 19.8 Å². The maximum Gasteiger partial charge on any atom is 0.325 e. The van der Waals surface area contributed by atoms with Crippen LogP contribution in [0.2, 0.25) is 0 Å². The Morgan fingerprint density at radius 2 is 1.70 bits per heavy atom. The summed E-state index contributed by atoms with van der Waals surface area (Å²) in [5, 5.41) is 2.53. The summed E-state index contributed by atoms with van der Waals surface area (Å²) in [6, 6.07) is 6.92. The van der Waals surface area contributed by atoms with Gasteiger partial charge in [0, 0.05) is 5.92 Å². The fraction of sp³-hybridized carbons (Fsp3) is 0.500. The minimum atomic E-state index is -0.933. The molecule has 1 aromatic carbocycles. The Balaban J connectivity index is 1.30. The van der Waals surface area contributed by atoms with Gasteiger partial charge in [0.1, 0.15) is 13.2 Å². The van der Waals surface area contributed by atoms with E-state index in [-0.39, 0.29) is 25.0 Å². The van der Waals surface area contributed by atoms with Gasteiger partial charge in [0.15, 0.2) is 18.1 Å². The number of ether oxygens (including phenoxy) is 3. The highest BCUT2D eigenvalue weighted by molar-refractivity contribution is 5.87. The van der Waals surface area contributed by atoms with E-state index in [9.17, 15) is 19.2 Å². The maximum absolute atomic E-state index is 12.1. The lowest BCUT2D eigenvalue weighted by Crippen LogP contribution is -2.51. The molecule has 1 aliphatic heterocycles. The molecule has 0 saturated heterocycles. The third kappa shape index (κ3) is 6.10. The smallest absolute Gasteiger partial charge is 0.325 e. The van der Waals surface area contributed by atoms with Crippen LogP contribution < -0.4 is 25.6 Å². The Bertz CT molecular complexity index is 792. The molecule has 10 nitrogen and oxygen atoms in total. The molecule has 0 bridgehead atoms. The summed E-state index contributed by atoms with van der Waals surface area (Å²) in [5.74, 6) is -1.34. The molecule has 1 fully saturated rings. The van der Waals surface area contributed by atoms with Gasteiger partial charge in [-0.2, -0.15) is 0 Å². The molecular formula is C20H25N3O7. The summed E-state index contributed by atoms with van der Waals surface area (Å²) in [6.45, 7) is -0.903. The number of esters is 1. The van der Waals surface area contributed by atoms with Crippen LogP contribution in [0.5, 0.6) is 11.5 Å². The molecule has 3 N–H and O–H groups in total. The fourth-order valence-corrected chi connectivity index (χ4v) is 3.26. The SMILES string of the molecule is O=C(COC(=O)CNC(=O)C1CCCCC1)NNC(=O)[C@H]1COc2ccccc2O1. The number of fused-ring (bicyclic) bond motifs is 1. The van der Waals surface area contributed by atoms with E-state index in [1.807, 2.05) is 0 Å². The number of hydrogen-bond donors (Lipinski definition) is 3. The van der Waals surface area contributed by atoms with Crippen molar-refractivity contribution >= 4 is 23.7 Å². The molecular weight excluding hydrogens is 394 g/mol. The van der Waals surface area contributed by atoms with E-state index in [0.29, 0.717) is 11.5 Å². The van der Waals surface area contributed by atoms with E-state index < -0.39 is 30.5 Å². The van der Waals surface area contributed by atoms with Gasteiger partial charge in [-0.1, -0.05) is 31.4 Å². The Hall–Kier alpha value is -3.30. The Morgan fingerprint density at radius 3 is 2.47 bits per heavy atom. The van der Waals surface area contributed by atoms with Crippen molar-refractivity contribution < 1.29 is 33.4 Å². The highest BCUT2D eigenvalue weighted by Crippen LogP contribution is 2.30. The van der Waals surface area contributed by atoms with Gasteiger partial charge in [0.2, 0.25) is 12.0 Å². The third-order valence-electron chi connectivity index (χ3n) is 4.87. The van der Waals surface area contributed by atoms with Crippen LogP contribution in [0.4, 0.5) is 0 Å². The van der Waals surface area contributed by atoms with E-state index in [2.05, 4.69) is 16.2 Å². The van der Waals surface area contributed by atoms with Gasteiger partial charge in [-0.05, 0) is 25.0 Å². The first kappa shape index (κ1) is 21.4. The normalized spacial score (nSPS) is 18.1. The van der Waals surface area contributed by atoms with Crippen molar-refractivity contribution in [2.24, 2.45) is 5.92 Å². The van der Waals surface area contributed by atoms with Crippen LogP contribution in [-0.4, -0.2) is 49.6 Å². The highest BCUT2D eigenvalue weighted by atomic mass is 16.6. The summed E-state index contributed by atoms with van der Waals surface area (Å²) < 4.78 is 15.7. The van der Waals surface area contributed by atoms with Crippen molar-refractivity contribution in [3.05, 3.63) is 24.3 Å². The molecule has 1 aromatic rings. The number of nitrogens with one attached hydrogen (secondary N) is 3. The van der Waals surface area contributed by atoms with Gasteiger partial charge < -0.3 is 19.5 Å². The second-order valence-corrected chi connectivity index (χ2v) is 7.12. The summed E-state index contributed by atoms with van der Waals surface area (Å²) in [6.07, 6.45) is 3.87. The molecule has 1 heterocycles. The predicted molar refractivity (Wildman–Crippen MR) is 103 cm³/mol. The van der Waals surface area contributed by atoms with Crippen molar-refractivity contribution in [2.45, 2.75) is 38.2 Å². The number of carbonyl (C=O) groups excluding carboxylic acids is 4. The first-order chi connectivity index (χ1) is 14.5. The second kappa shape index (κ2) is 10.5. The summed E-state index contributed by atoms with van der Waals surface area (Å²) in [5.41, 5.74) is 4.33. The predicted octanol–water partition coefficient (Wildman–Crippen LogP) is 0.214. The molecule has 0 aromatic heterocycles. The number of rotatable bonds is 6. The van der Waals surface area contributed by atoms with Gasteiger partial charge in [-0.3, -0.25) is 30.0 Å². The van der Waals surface area contributed by atoms with Crippen LogP contribution in [0.3, 0.4) is 0 Å². The molecule has 1 atom stereocenters. The molecule has 0 spiro atoms. The van der Waals surface area contributed by atoms with Gasteiger partial charge in [-0.15, -0.1) is 0 Å². The van der Waals surface area contributed by atoms with Gasteiger partial charge in [0.25, 0.3) is 11.8 Å². The molecule has 30 heavy (non-hydrogen) atoms. The quantitative estimate of drug-likeness (QED) is 0.444. The van der Waals surface area contributed by atoms with E-state index in [1.165, 1.54) is 0 Å². The minimum absolute atomic E-state index is 0.00556. The van der Waals surface area contributed by atoms with Crippen molar-refractivity contribution in [3.63, 3.8) is 0 Å². The summed E-state index contributed by atoms with van der Waals surface area (Å²) in [7, 11) is 0. The average Bonchev–Trinajstić information content (AvgIpc) is 2.79. The Kier molecular flexibility index (Phi) is 7.47. The zero-order chi connectivity index (χ0) is 21.3. The van der Waals surface area contributed by atoms with Crippen LogP contribution >= 0.6 is 0 Å². The Labute approximate surface area is 173 Å². The number of para-hydroxylation sites is 2. The van der Waals surface area contributed by atoms with Crippen molar-refractivity contribution in [1.82, 2.24) is 16.2 Å². The standard InChI is InChI=1S/C20H25N3O7/c24-17(12-29-18(25)10-21-19(26)13-6-2-1-3-7-13)22-23-20(27)16-11-28-14-8-4-5-9-15(14)30-16/h4-5,8-9,13,16H,1-3,6-7,10-12H2,(H,21,26)(H,22,24)(H,23,27)/t16-/m1/s1. The molecule has 162 valence electrons. The van der Waals surface area contributed by atoms with E-state index in [0.717, 1.165) is 32.1 Å². The van der Waals surface area contributed by atoms with E-state index >= 15 is 0 Å². The summed E-state index contributed by atoms with van der Waals surface area (Å²) in [4.78, 5) is 47.5. The fourth-order valence-electron chi connectivity index (χ4n) is 3.26. The Morgan fingerprint density at radius 1 is 0.967 bits per heavy atom. The minimum Gasteiger partial charge on any atom is -0.485 e. The van der Waals surface area contributed by atoms with Crippen LogP contribution in [0.15, 0.2) is 24.3 Å². The molecule has 3 rings (SSSR count). The van der Waals surface area contributed by atoms with Crippen LogP contribution in [0.25, 0.3) is 0 Å². The zero-order valence-corrected chi connectivity index (χ0v) is 16.5. The van der Waals surface area contributed by atoms with Gasteiger partial charge >= 0.3 is 5.97 Å². The molecule has 0 unspecified atom stereocenters. The first-order valence-corrected chi connectivity index (χ1v) is 9.93. The number of hydrogen-bond acceptors (Lipinski definition) is 7. The number of hydrazine groups is 1. The lowest BCUT2D eigenvalue weighted by atomic mass is 9.89. The zero-order valence-electron chi connectivity index (χ0n) is 16.5. The number of benzene rings is 1. The van der Waals surface area contributed by atoms with E-state index in [1.54, 1.807) is 24.3 Å². The van der Waals surface area contributed by atoms with Crippen LogP contribution in [0.1, 0.15) is 32.1 Å². The summed E-state index contributed by atoms with van der Waals surface area (Å²) >= 11 is 0. The topological polar surface area (TPSA) is 132 Å². The molecule has 2 aliphatic rings. The molecule has 0 radical (unpaired) electrons. The van der Waals surface area contributed by atoms with Gasteiger partial charge in [0.05, 0.1) is 0 Å². The molecule has 10 heteroatoms. The van der Waals surface area contributed by atoms with Gasteiger partial charge in [-0.25, -0.2) is 0 Å². The number of carbonyl (C=O) groups is 4. The third-order valence-corrected chi connectivity index (χ3v) is 4.87. The lowest BCUT2D eigenvalue weighted by Gasteiger charge is -2.25. The maximum atomic E-state index is 12.1. The van der Waals surface area contributed by atoms with E-state index in [4.69, 9.17) is 14.2 Å².